The number of halogens is 1. The van der Waals surface area contributed by atoms with Crippen molar-refractivity contribution in [1.29, 1.82) is 0 Å². The molecule has 1 aromatic carbocycles. The molecule has 3 rings (SSSR count). The lowest BCUT2D eigenvalue weighted by Crippen LogP contribution is -2.48. The minimum atomic E-state index is -0.206. The number of benzene rings is 1. The summed E-state index contributed by atoms with van der Waals surface area (Å²) in [5, 5.41) is 0.663. The number of carbonyl (C=O) groups is 1. The number of carbonyl (C=O) groups excluding carboxylic acids is 1. The van der Waals surface area contributed by atoms with Crippen LogP contribution in [0, 0.1) is 6.92 Å². The molecule has 0 aliphatic carbocycles. The van der Waals surface area contributed by atoms with Gasteiger partial charge in [-0.1, -0.05) is 29.8 Å². The predicted molar refractivity (Wildman–Crippen MR) is 89.6 cm³/mol. The van der Waals surface area contributed by atoms with Crippen LogP contribution in [-0.2, 0) is 4.74 Å². The van der Waals surface area contributed by atoms with Crippen LogP contribution in [0.1, 0.15) is 34.6 Å². The fourth-order valence-electron chi connectivity index (χ4n) is 2.72. The predicted octanol–water partition coefficient (Wildman–Crippen LogP) is 3.65. The van der Waals surface area contributed by atoms with Gasteiger partial charge < -0.3 is 9.64 Å². The SMILES string of the molecule is Cc1ccc(C(=O)N2C[C@H](c3ccccc3Cl)OC[C@@H]2C)cn1. The molecule has 120 valence electrons. The Morgan fingerprint density at radius 2 is 2.09 bits per heavy atom. The lowest BCUT2D eigenvalue weighted by atomic mass is 10.0. The van der Waals surface area contributed by atoms with Gasteiger partial charge in [0.25, 0.3) is 5.91 Å². The summed E-state index contributed by atoms with van der Waals surface area (Å²) in [6.07, 6.45) is 1.42. The van der Waals surface area contributed by atoms with E-state index in [0.717, 1.165) is 11.3 Å². The van der Waals surface area contributed by atoms with Gasteiger partial charge in [0.1, 0.15) is 6.10 Å². The van der Waals surface area contributed by atoms with E-state index in [9.17, 15) is 4.79 Å². The molecule has 5 heteroatoms. The van der Waals surface area contributed by atoms with Gasteiger partial charge in [0.15, 0.2) is 0 Å². The van der Waals surface area contributed by atoms with Gasteiger partial charge in [-0.25, -0.2) is 0 Å². The zero-order chi connectivity index (χ0) is 16.4. The average Bonchev–Trinajstić information content (AvgIpc) is 2.56. The van der Waals surface area contributed by atoms with Gasteiger partial charge in [0, 0.05) is 22.5 Å². The maximum atomic E-state index is 12.8. The standard InChI is InChI=1S/C18H19ClN2O2/c1-12-7-8-14(9-20-12)18(22)21-10-17(23-11-13(21)2)15-5-3-4-6-16(15)19/h3-9,13,17H,10-11H2,1-2H3/t13-,17+/m0/s1. The highest BCUT2D eigenvalue weighted by molar-refractivity contribution is 6.31. The largest absolute Gasteiger partial charge is 0.369 e. The van der Waals surface area contributed by atoms with Crippen LogP contribution in [0.4, 0.5) is 0 Å². The summed E-state index contributed by atoms with van der Waals surface area (Å²) < 4.78 is 5.90. The van der Waals surface area contributed by atoms with Crippen LogP contribution in [0.15, 0.2) is 42.6 Å². The van der Waals surface area contributed by atoms with Gasteiger partial charge in [0.2, 0.25) is 0 Å². The zero-order valence-electron chi connectivity index (χ0n) is 13.2. The van der Waals surface area contributed by atoms with Crippen molar-refractivity contribution < 1.29 is 9.53 Å². The van der Waals surface area contributed by atoms with Crippen molar-refractivity contribution in [2.45, 2.75) is 26.0 Å². The van der Waals surface area contributed by atoms with Crippen LogP contribution in [0.3, 0.4) is 0 Å². The second kappa shape index (κ2) is 6.69. The number of amides is 1. The smallest absolute Gasteiger partial charge is 0.255 e. The first-order chi connectivity index (χ1) is 11.1. The van der Waals surface area contributed by atoms with E-state index in [0.29, 0.717) is 23.7 Å². The molecule has 0 bridgehead atoms. The third kappa shape index (κ3) is 3.38. The Kier molecular flexibility index (Phi) is 4.64. The Morgan fingerprint density at radius 3 is 2.78 bits per heavy atom. The Balaban J connectivity index is 1.82. The number of morpholine rings is 1. The summed E-state index contributed by atoms with van der Waals surface area (Å²) in [6.45, 7) is 4.86. The lowest BCUT2D eigenvalue weighted by Gasteiger charge is -2.38. The molecule has 0 unspecified atom stereocenters. The minimum Gasteiger partial charge on any atom is -0.369 e. The van der Waals surface area contributed by atoms with E-state index in [2.05, 4.69) is 4.98 Å². The molecule has 0 radical (unpaired) electrons. The van der Waals surface area contributed by atoms with E-state index in [1.165, 1.54) is 0 Å². The first-order valence-electron chi connectivity index (χ1n) is 7.66. The molecule has 0 spiro atoms. The number of aryl methyl sites for hydroxylation is 1. The number of rotatable bonds is 2. The number of hydrogen-bond donors (Lipinski definition) is 0. The van der Waals surface area contributed by atoms with Gasteiger partial charge in [-0.15, -0.1) is 0 Å². The summed E-state index contributed by atoms with van der Waals surface area (Å²) in [5.74, 6) is -0.0228. The van der Waals surface area contributed by atoms with Crippen molar-refractivity contribution >= 4 is 17.5 Å². The van der Waals surface area contributed by atoms with Crippen LogP contribution in [-0.4, -0.2) is 35.0 Å². The van der Waals surface area contributed by atoms with Gasteiger partial charge in [-0.2, -0.15) is 0 Å². The second-order valence-corrected chi connectivity index (χ2v) is 6.25. The number of pyridine rings is 1. The third-order valence-electron chi connectivity index (χ3n) is 4.10. The fourth-order valence-corrected chi connectivity index (χ4v) is 2.98. The summed E-state index contributed by atoms with van der Waals surface area (Å²) in [7, 11) is 0. The molecule has 1 aliphatic heterocycles. The van der Waals surface area contributed by atoms with Crippen molar-refractivity contribution in [3.05, 3.63) is 64.4 Å². The summed E-state index contributed by atoms with van der Waals surface area (Å²) in [4.78, 5) is 18.8. The van der Waals surface area contributed by atoms with Gasteiger partial charge in [-0.3, -0.25) is 9.78 Å². The van der Waals surface area contributed by atoms with E-state index in [1.807, 2.05) is 55.1 Å². The monoisotopic (exact) mass is 330 g/mol. The second-order valence-electron chi connectivity index (χ2n) is 5.84. The molecule has 0 N–H and O–H groups in total. The first kappa shape index (κ1) is 16.0. The summed E-state index contributed by atoms with van der Waals surface area (Å²) in [5.41, 5.74) is 2.41. The molecule has 1 fully saturated rings. The molecule has 0 saturated carbocycles. The Hall–Kier alpha value is -1.91. The maximum absolute atomic E-state index is 12.8. The molecule has 23 heavy (non-hydrogen) atoms. The number of hydrogen-bond acceptors (Lipinski definition) is 3. The van der Waals surface area contributed by atoms with E-state index in [-0.39, 0.29) is 18.1 Å². The highest BCUT2D eigenvalue weighted by Gasteiger charge is 2.31. The lowest BCUT2D eigenvalue weighted by molar-refractivity contribution is -0.0486. The third-order valence-corrected chi connectivity index (χ3v) is 4.45. The van der Waals surface area contributed by atoms with Gasteiger partial charge in [0.05, 0.1) is 24.8 Å². The van der Waals surface area contributed by atoms with E-state index in [1.54, 1.807) is 6.20 Å². The van der Waals surface area contributed by atoms with E-state index < -0.39 is 0 Å². The van der Waals surface area contributed by atoms with Crippen molar-refractivity contribution in [3.8, 4) is 0 Å². The molecule has 1 amide bonds. The average molecular weight is 331 g/mol. The van der Waals surface area contributed by atoms with Crippen molar-refractivity contribution in [3.63, 3.8) is 0 Å². The molecule has 4 nitrogen and oxygen atoms in total. The quantitative estimate of drug-likeness (QED) is 0.844. The number of ether oxygens (including phenoxy) is 1. The van der Waals surface area contributed by atoms with Crippen LogP contribution < -0.4 is 0 Å². The van der Waals surface area contributed by atoms with Crippen molar-refractivity contribution in [2.75, 3.05) is 13.2 Å². The molecule has 1 aliphatic rings. The molecule has 1 saturated heterocycles. The highest BCUT2D eigenvalue weighted by Crippen LogP contribution is 2.30. The molecular weight excluding hydrogens is 312 g/mol. The van der Waals surface area contributed by atoms with Gasteiger partial charge >= 0.3 is 0 Å². The number of aromatic nitrogens is 1. The van der Waals surface area contributed by atoms with Crippen LogP contribution in [0.2, 0.25) is 5.02 Å². The van der Waals surface area contributed by atoms with E-state index >= 15 is 0 Å². The zero-order valence-corrected chi connectivity index (χ0v) is 14.0. The summed E-state index contributed by atoms with van der Waals surface area (Å²) >= 11 is 6.26. The molecule has 1 aromatic heterocycles. The van der Waals surface area contributed by atoms with Crippen LogP contribution in [0.5, 0.6) is 0 Å². The van der Waals surface area contributed by atoms with Crippen LogP contribution >= 0.6 is 11.6 Å². The van der Waals surface area contributed by atoms with Crippen molar-refractivity contribution in [2.24, 2.45) is 0 Å². The molecule has 2 aromatic rings. The molecular formula is C18H19ClN2O2. The van der Waals surface area contributed by atoms with Crippen LogP contribution in [0.25, 0.3) is 0 Å². The maximum Gasteiger partial charge on any atom is 0.255 e. The number of nitrogens with zero attached hydrogens (tertiary/aromatic N) is 2. The molecule has 2 atom stereocenters. The van der Waals surface area contributed by atoms with Gasteiger partial charge in [-0.05, 0) is 32.0 Å². The topological polar surface area (TPSA) is 42.4 Å². The summed E-state index contributed by atoms with van der Waals surface area (Å²) in [6, 6.07) is 11.3. The van der Waals surface area contributed by atoms with E-state index in [4.69, 9.17) is 16.3 Å². The minimum absolute atomic E-state index is 0.0162. The Bertz CT molecular complexity index is 702. The Morgan fingerprint density at radius 1 is 1.30 bits per heavy atom. The molecule has 2 heterocycles. The fraction of sp³-hybridized carbons (Fsp3) is 0.333. The Labute approximate surface area is 141 Å². The highest BCUT2D eigenvalue weighted by atomic mass is 35.5. The normalized spacial score (nSPS) is 21.3. The van der Waals surface area contributed by atoms with Crippen molar-refractivity contribution in [1.82, 2.24) is 9.88 Å². The first-order valence-corrected chi connectivity index (χ1v) is 8.03.